The standard InChI is InChI=1S/C9H9N5O6/c15-3-5(16)14-1-4(2-14)18-8-6(11-20-13-8)7-10-9(17)19-12-7/h4,15H,1-3H2,(H,10,12,17). The molecule has 1 saturated heterocycles. The first kappa shape index (κ1) is 12.3. The molecule has 0 bridgehead atoms. The van der Waals surface area contributed by atoms with Crippen molar-refractivity contribution in [1.82, 2.24) is 25.4 Å². The van der Waals surface area contributed by atoms with Crippen molar-refractivity contribution in [1.29, 1.82) is 0 Å². The molecule has 0 unspecified atom stereocenters. The van der Waals surface area contributed by atoms with E-state index < -0.39 is 12.4 Å². The van der Waals surface area contributed by atoms with Gasteiger partial charge in [-0.15, -0.1) is 0 Å². The van der Waals surface area contributed by atoms with Gasteiger partial charge in [-0.3, -0.25) is 14.3 Å². The van der Waals surface area contributed by atoms with E-state index in [1.54, 1.807) is 0 Å². The van der Waals surface area contributed by atoms with Gasteiger partial charge >= 0.3 is 5.76 Å². The van der Waals surface area contributed by atoms with Crippen molar-refractivity contribution in [3.8, 4) is 17.4 Å². The lowest BCUT2D eigenvalue weighted by Crippen LogP contribution is -2.57. The normalized spacial score (nSPS) is 15.2. The number of ether oxygens (including phenoxy) is 1. The zero-order valence-electron chi connectivity index (χ0n) is 9.98. The van der Waals surface area contributed by atoms with Crippen molar-refractivity contribution in [2.24, 2.45) is 0 Å². The first-order chi connectivity index (χ1) is 9.67. The summed E-state index contributed by atoms with van der Waals surface area (Å²) in [7, 11) is 0. The van der Waals surface area contributed by atoms with E-state index in [-0.39, 0.29) is 29.4 Å². The lowest BCUT2D eigenvalue weighted by Gasteiger charge is -2.37. The summed E-state index contributed by atoms with van der Waals surface area (Å²) in [5.74, 6) is -1.04. The van der Waals surface area contributed by atoms with E-state index in [9.17, 15) is 9.59 Å². The van der Waals surface area contributed by atoms with Gasteiger partial charge in [0.1, 0.15) is 12.7 Å². The summed E-state index contributed by atoms with van der Waals surface area (Å²) in [4.78, 5) is 25.7. The first-order valence-corrected chi connectivity index (χ1v) is 5.61. The molecule has 0 radical (unpaired) electrons. The number of nitrogens with one attached hydrogen (secondary N) is 1. The van der Waals surface area contributed by atoms with Gasteiger partial charge in [0, 0.05) is 0 Å². The smallest absolute Gasteiger partial charge is 0.439 e. The Balaban J connectivity index is 1.67. The van der Waals surface area contributed by atoms with Crippen LogP contribution in [0.25, 0.3) is 11.5 Å². The monoisotopic (exact) mass is 283 g/mol. The van der Waals surface area contributed by atoms with Gasteiger partial charge in [-0.05, 0) is 10.3 Å². The summed E-state index contributed by atoms with van der Waals surface area (Å²) in [5.41, 5.74) is 0.0998. The van der Waals surface area contributed by atoms with Crippen LogP contribution in [0.1, 0.15) is 0 Å². The minimum Gasteiger partial charge on any atom is -0.467 e. The van der Waals surface area contributed by atoms with Crippen LogP contribution >= 0.6 is 0 Å². The van der Waals surface area contributed by atoms with Gasteiger partial charge in [0.2, 0.25) is 17.4 Å². The molecule has 1 fully saturated rings. The van der Waals surface area contributed by atoms with Crippen molar-refractivity contribution in [2.75, 3.05) is 19.7 Å². The SMILES string of the molecule is O=C(CO)N1CC(Oc2nonc2-c2noc(=O)[nH]2)C1. The van der Waals surface area contributed by atoms with Crippen LogP contribution in [-0.2, 0) is 4.79 Å². The third-order valence-corrected chi connectivity index (χ3v) is 2.74. The zero-order valence-corrected chi connectivity index (χ0v) is 9.98. The zero-order chi connectivity index (χ0) is 14.1. The molecule has 1 amide bonds. The second-order valence-corrected chi connectivity index (χ2v) is 4.06. The van der Waals surface area contributed by atoms with Gasteiger partial charge in [-0.25, -0.2) is 9.42 Å². The lowest BCUT2D eigenvalue weighted by molar-refractivity contribution is -0.143. The number of aliphatic hydroxyl groups excluding tert-OH is 1. The number of carbonyl (C=O) groups is 1. The number of carbonyl (C=O) groups excluding carboxylic acids is 1. The van der Waals surface area contributed by atoms with Gasteiger partial charge in [-0.2, -0.15) is 0 Å². The Morgan fingerprint density at radius 2 is 2.25 bits per heavy atom. The second-order valence-electron chi connectivity index (χ2n) is 4.06. The molecule has 20 heavy (non-hydrogen) atoms. The Hall–Kier alpha value is -2.69. The van der Waals surface area contributed by atoms with Crippen molar-refractivity contribution in [2.45, 2.75) is 6.10 Å². The molecule has 3 rings (SSSR count). The highest BCUT2D eigenvalue weighted by molar-refractivity contribution is 5.78. The van der Waals surface area contributed by atoms with Crippen LogP contribution in [0.4, 0.5) is 0 Å². The first-order valence-electron chi connectivity index (χ1n) is 5.61. The van der Waals surface area contributed by atoms with E-state index >= 15 is 0 Å². The van der Waals surface area contributed by atoms with Gasteiger partial charge in [0.25, 0.3) is 5.88 Å². The number of hydrogen-bond acceptors (Lipinski definition) is 9. The average Bonchev–Trinajstić information content (AvgIpc) is 3.00. The molecule has 11 nitrogen and oxygen atoms in total. The lowest BCUT2D eigenvalue weighted by atomic mass is 10.1. The van der Waals surface area contributed by atoms with Crippen LogP contribution in [0.15, 0.2) is 13.9 Å². The van der Waals surface area contributed by atoms with E-state index in [2.05, 4.69) is 29.6 Å². The molecule has 3 heterocycles. The summed E-state index contributed by atoms with van der Waals surface area (Å²) in [6, 6.07) is 0. The van der Waals surface area contributed by atoms with Crippen molar-refractivity contribution < 1.29 is 23.8 Å². The molecule has 2 aromatic heterocycles. The maximum Gasteiger partial charge on any atom is 0.439 e. The number of amides is 1. The second kappa shape index (κ2) is 4.77. The Labute approximate surface area is 110 Å². The predicted octanol–water partition coefficient (Wildman–Crippen LogP) is -2.01. The molecule has 106 valence electrons. The molecule has 0 aromatic carbocycles. The number of aliphatic hydroxyl groups is 1. The summed E-state index contributed by atoms with van der Waals surface area (Å²) in [6.45, 7) is 0.103. The highest BCUT2D eigenvalue weighted by Crippen LogP contribution is 2.25. The van der Waals surface area contributed by atoms with Gasteiger partial charge in [0.05, 0.1) is 13.1 Å². The number of rotatable bonds is 4. The third-order valence-electron chi connectivity index (χ3n) is 2.74. The molecule has 0 atom stereocenters. The molecule has 0 aliphatic carbocycles. The maximum atomic E-state index is 11.1. The van der Waals surface area contributed by atoms with Gasteiger partial charge < -0.3 is 14.7 Å². The van der Waals surface area contributed by atoms with Crippen LogP contribution in [0, 0.1) is 0 Å². The number of aromatic amines is 1. The fourth-order valence-electron chi connectivity index (χ4n) is 1.71. The van der Waals surface area contributed by atoms with Crippen LogP contribution in [0.5, 0.6) is 5.88 Å². The summed E-state index contributed by atoms with van der Waals surface area (Å²) in [5, 5.41) is 19.2. The van der Waals surface area contributed by atoms with E-state index in [0.717, 1.165) is 0 Å². The number of aromatic nitrogens is 4. The Bertz CT molecular complexity index is 668. The third kappa shape index (κ3) is 2.14. The van der Waals surface area contributed by atoms with E-state index in [0.29, 0.717) is 13.1 Å². The molecule has 11 heteroatoms. The highest BCUT2D eigenvalue weighted by Gasteiger charge is 2.33. The Morgan fingerprint density at radius 1 is 1.45 bits per heavy atom. The molecule has 1 aliphatic rings. The average molecular weight is 283 g/mol. The Morgan fingerprint density at radius 3 is 2.90 bits per heavy atom. The van der Waals surface area contributed by atoms with Crippen LogP contribution in [-0.4, -0.2) is 62.2 Å². The van der Waals surface area contributed by atoms with Crippen molar-refractivity contribution in [3.05, 3.63) is 10.6 Å². The van der Waals surface area contributed by atoms with Gasteiger partial charge in [0.15, 0.2) is 0 Å². The predicted molar refractivity (Wildman–Crippen MR) is 58.5 cm³/mol. The number of hydrogen-bond donors (Lipinski definition) is 2. The number of nitrogens with zero attached hydrogens (tertiary/aromatic N) is 4. The fraction of sp³-hybridized carbons (Fsp3) is 0.444. The minimum atomic E-state index is -0.739. The fourth-order valence-corrected chi connectivity index (χ4v) is 1.71. The Kier molecular flexibility index (Phi) is 2.95. The van der Waals surface area contributed by atoms with Crippen LogP contribution in [0.2, 0.25) is 0 Å². The maximum absolute atomic E-state index is 11.1. The summed E-state index contributed by atoms with van der Waals surface area (Å²) in [6.07, 6.45) is -0.297. The number of likely N-dealkylation sites (tertiary alicyclic amines) is 1. The van der Waals surface area contributed by atoms with E-state index in [1.165, 1.54) is 4.90 Å². The molecule has 2 N–H and O–H groups in total. The molecule has 2 aromatic rings. The largest absolute Gasteiger partial charge is 0.467 e. The van der Waals surface area contributed by atoms with E-state index in [1.807, 2.05) is 0 Å². The topological polar surface area (TPSA) is 148 Å². The van der Waals surface area contributed by atoms with E-state index in [4.69, 9.17) is 9.84 Å². The molecule has 0 spiro atoms. The number of H-pyrrole nitrogens is 1. The van der Waals surface area contributed by atoms with Crippen LogP contribution < -0.4 is 10.5 Å². The van der Waals surface area contributed by atoms with Crippen molar-refractivity contribution in [3.63, 3.8) is 0 Å². The summed E-state index contributed by atoms with van der Waals surface area (Å²) >= 11 is 0. The quantitative estimate of drug-likeness (QED) is 0.649. The van der Waals surface area contributed by atoms with Crippen LogP contribution in [0.3, 0.4) is 0 Å². The molecular formula is C9H9N5O6. The summed E-state index contributed by atoms with van der Waals surface area (Å²) < 4.78 is 14.3. The van der Waals surface area contributed by atoms with Crippen molar-refractivity contribution >= 4 is 5.91 Å². The minimum absolute atomic E-state index is 0.0360. The molecule has 0 saturated carbocycles. The highest BCUT2D eigenvalue weighted by atomic mass is 16.6. The van der Waals surface area contributed by atoms with Gasteiger partial charge in [-0.1, -0.05) is 5.16 Å². The molecule has 1 aliphatic heterocycles. The molecular weight excluding hydrogens is 274 g/mol.